The van der Waals surface area contributed by atoms with E-state index in [2.05, 4.69) is 5.32 Å². The number of nitrogens with zero attached hydrogens (tertiary/aromatic N) is 1. The molecule has 0 aliphatic carbocycles. The lowest BCUT2D eigenvalue weighted by Crippen LogP contribution is -2.58. The van der Waals surface area contributed by atoms with Crippen LogP contribution in [0.5, 0.6) is 0 Å². The van der Waals surface area contributed by atoms with Gasteiger partial charge in [0.25, 0.3) is 0 Å². The van der Waals surface area contributed by atoms with Crippen LogP contribution in [0, 0.1) is 11.6 Å². The second kappa shape index (κ2) is 5.52. The van der Waals surface area contributed by atoms with Crippen molar-refractivity contribution in [2.24, 2.45) is 0 Å². The van der Waals surface area contributed by atoms with E-state index in [0.29, 0.717) is 26.1 Å². The Morgan fingerprint density at radius 3 is 2.58 bits per heavy atom. The quantitative estimate of drug-likeness (QED) is 0.890. The first kappa shape index (κ1) is 14.4. The standard InChI is InChI=1S/C12H16F2N2O2S/c1-2-5-16(10-7-15-8-10)19(17,18)12-6-9(13)3-4-11(12)14/h3-4,6,10,15H,2,5,7-8H2,1H3. The molecule has 0 saturated carbocycles. The van der Waals surface area contributed by atoms with Gasteiger partial charge < -0.3 is 5.32 Å². The summed E-state index contributed by atoms with van der Waals surface area (Å²) < 4.78 is 52.9. The minimum absolute atomic E-state index is 0.187. The third-order valence-electron chi connectivity index (χ3n) is 3.09. The molecule has 1 aliphatic rings. The summed E-state index contributed by atoms with van der Waals surface area (Å²) >= 11 is 0. The highest BCUT2D eigenvalue weighted by Crippen LogP contribution is 2.23. The minimum Gasteiger partial charge on any atom is -0.313 e. The molecule has 1 aliphatic heterocycles. The van der Waals surface area contributed by atoms with E-state index in [1.54, 1.807) is 0 Å². The minimum atomic E-state index is -4.00. The van der Waals surface area contributed by atoms with Gasteiger partial charge in [0.15, 0.2) is 0 Å². The van der Waals surface area contributed by atoms with Gasteiger partial charge in [-0.3, -0.25) is 0 Å². The Morgan fingerprint density at radius 2 is 2.05 bits per heavy atom. The zero-order chi connectivity index (χ0) is 14.0. The summed E-state index contributed by atoms with van der Waals surface area (Å²) in [6.07, 6.45) is 0.618. The van der Waals surface area contributed by atoms with Crippen LogP contribution >= 0.6 is 0 Å². The Balaban J connectivity index is 2.40. The summed E-state index contributed by atoms with van der Waals surface area (Å²) in [4.78, 5) is -0.590. The van der Waals surface area contributed by atoms with Crippen LogP contribution in [-0.2, 0) is 10.0 Å². The monoisotopic (exact) mass is 290 g/mol. The number of hydrogen-bond donors (Lipinski definition) is 1. The molecule has 1 fully saturated rings. The third-order valence-corrected chi connectivity index (χ3v) is 5.06. The highest BCUT2D eigenvalue weighted by molar-refractivity contribution is 7.89. The molecule has 0 atom stereocenters. The molecule has 0 radical (unpaired) electrons. The zero-order valence-electron chi connectivity index (χ0n) is 10.6. The smallest absolute Gasteiger partial charge is 0.246 e. The van der Waals surface area contributed by atoms with E-state index in [1.165, 1.54) is 4.31 Å². The maximum atomic E-state index is 13.7. The van der Waals surface area contributed by atoms with Gasteiger partial charge in [-0.25, -0.2) is 17.2 Å². The molecule has 7 heteroatoms. The fourth-order valence-electron chi connectivity index (χ4n) is 2.00. The second-order valence-electron chi connectivity index (χ2n) is 4.50. The number of halogens is 2. The summed E-state index contributed by atoms with van der Waals surface area (Å²) in [5, 5.41) is 2.98. The van der Waals surface area contributed by atoms with Crippen LogP contribution in [-0.4, -0.2) is 38.4 Å². The van der Waals surface area contributed by atoms with Gasteiger partial charge in [0.1, 0.15) is 16.5 Å². The number of sulfonamides is 1. The maximum Gasteiger partial charge on any atom is 0.246 e. The summed E-state index contributed by atoms with van der Waals surface area (Å²) in [5.74, 6) is -1.68. The van der Waals surface area contributed by atoms with Crippen molar-refractivity contribution < 1.29 is 17.2 Å². The fraction of sp³-hybridized carbons (Fsp3) is 0.500. The van der Waals surface area contributed by atoms with Crippen molar-refractivity contribution >= 4 is 10.0 Å². The predicted molar refractivity (Wildman–Crippen MR) is 67.2 cm³/mol. The molecule has 0 bridgehead atoms. The van der Waals surface area contributed by atoms with Gasteiger partial charge >= 0.3 is 0 Å². The van der Waals surface area contributed by atoms with Gasteiger partial charge in [0.2, 0.25) is 10.0 Å². The van der Waals surface area contributed by atoms with Gasteiger partial charge in [-0.2, -0.15) is 4.31 Å². The van der Waals surface area contributed by atoms with Crippen molar-refractivity contribution in [2.45, 2.75) is 24.3 Å². The van der Waals surface area contributed by atoms with Crippen molar-refractivity contribution in [1.29, 1.82) is 0 Å². The SMILES string of the molecule is CCCN(C1CNC1)S(=O)(=O)c1cc(F)ccc1F. The molecule has 1 heterocycles. The number of hydrogen-bond acceptors (Lipinski definition) is 3. The molecule has 1 N–H and O–H groups in total. The molecule has 0 unspecified atom stereocenters. The van der Waals surface area contributed by atoms with Gasteiger partial charge in [-0.1, -0.05) is 6.92 Å². The van der Waals surface area contributed by atoms with E-state index in [0.717, 1.165) is 18.2 Å². The number of benzene rings is 1. The van der Waals surface area contributed by atoms with Crippen molar-refractivity contribution in [2.75, 3.05) is 19.6 Å². The molecular formula is C12H16F2N2O2S. The predicted octanol–water partition coefficient (Wildman–Crippen LogP) is 1.34. The molecule has 0 aromatic heterocycles. The van der Waals surface area contributed by atoms with E-state index in [4.69, 9.17) is 0 Å². The number of nitrogens with one attached hydrogen (secondary N) is 1. The molecule has 0 amide bonds. The Labute approximate surface area is 111 Å². The van der Waals surface area contributed by atoms with Crippen molar-refractivity contribution in [1.82, 2.24) is 9.62 Å². The molecule has 19 heavy (non-hydrogen) atoms. The lowest BCUT2D eigenvalue weighted by atomic mass is 10.2. The van der Waals surface area contributed by atoms with E-state index >= 15 is 0 Å². The van der Waals surface area contributed by atoms with Crippen LogP contribution in [0.25, 0.3) is 0 Å². The first-order chi connectivity index (χ1) is 8.96. The lowest BCUT2D eigenvalue weighted by Gasteiger charge is -2.37. The Morgan fingerprint density at radius 1 is 1.37 bits per heavy atom. The van der Waals surface area contributed by atoms with Gasteiger partial charge in [0, 0.05) is 19.6 Å². The first-order valence-electron chi connectivity index (χ1n) is 6.14. The van der Waals surface area contributed by atoms with Crippen molar-refractivity contribution in [3.63, 3.8) is 0 Å². The highest BCUT2D eigenvalue weighted by atomic mass is 32.2. The lowest BCUT2D eigenvalue weighted by molar-refractivity contribution is 0.241. The van der Waals surface area contributed by atoms with Crippen LogP contribution in [0.15, 0.2) is 23.1 Å². The molecule has 2 rings (SSSR count). The molecule has 106 valence electrons. The summed E-state index contributed by atoms with van der Waals surface area (Å²) in [7, 11) is -4.00. The summed E-state index contributed by atoms with van der Waals surface area (Å²) in [6, 6.07) is 2.29. The van der Waals surface area contributed by atoms with Crippen LogP contribution in [0.2, 0.25) is 0 Å². The summed E-state index contributed by atoms with van der Waals surface area (Å²) in [5.41, 5.74) is 0. The third kappa shape index (κ3) is 2.77. The Kier molecular flexibility index (Phi) is 4.17. The molecular weight excluding hydrogens is 274 g/mol. The Bertz CT molecular complexity index is 559. The van der Waals surface area contributed by atoms with Crippen LogP contribution < -0.4 is 5.32 Å². The van der Waals surface area contributed by atoms with E-state index in [1.807, 2.05) is 6.92 Å². The van der Waals surface area contributed by atoms with E-state index < -0.39 is 26.6 Å². The van der Waals surface area contributed by atoms with E-state index in [-0.39, 0.29) is 6.04 Å². The second-order valence-corrected chi connectivity index (χ2v) is 6.36. The zero-order valence-corrected chi connectivity index (χ0v) is 11.4. The molecule has 1 saturated heterocycles. The van der Waals surface area contributed by atoms with E-state index in [9.17, 15) is 17.2 Å². The van der Waals surface area contributed by atoms with Crippen molar-refractivity contribution in [3.8, 4) is 0 Å². The van der Waals surface area contributed by atoms with Gasteiger partial charge in [-0.05, 0) is 24.6 Å². The van der Waals surface area contributed by atoms with Crippen LogP contribution in [0.3, 0.4) is 0 Å². The topological polar surface area (TPSA) is 49.4 Å². The average molecular weight is 290 g/mol. The summed E-state index contributed by atoms with van der Waals surface area (Å²) in [6.45, 7) is 3.22. The van der Waals surface area contributed by atoms with Crippen LogP contribution in [0.1, 0.15) is 13.3 Å². The molecule has 0 spiro atoms. The average Bonchev–Trinajstić information content (AvgIpc) is 2.29. The molecule has 1 aromatic rings. The number of rotatable bonds is 5. The maximum absolute atomic E-state index is 13.7. The molecule has 4 nitrogen and oxygen atoms in total. The highest BCUT2D eigenvalue weighted by Gasteiger charge is 2.35. The first-order valence-corrected chi connectivity index (χ1v) is 7.58. The van der Waals surface area contributed by atoms with Crippen LogP contribution in [0.4, 0.5) is 8.78 Å². The Hall–Kier alpha value is -1.05. The van der Waals surface area contributed by atoms with Crippen molar-refractivity contribution in [3.05, 3.63) is 29.8 Å². The van der Waals surface area contributed by atoms with Gasteiger partial charge in [0.05, 0.1) is 6.04 Å². The fourth-order valence-corrected chi connectivity index (χ4v) is 3.79. The normalized spacial score (nSPS) is 16.6. The molecule has 1 aromatic carbocycles. The van der Waals surface area contributed by atoms with Gasteiger partial charge in [-0.15, -0.1) is 0 Å². The largest absolute Gasteiger partial charge is 0.313 e.